The van der Waals surface area contributed by atoms with Crippen LogP contribution in [0.2, 0.25) is 0 Å². The summed E-state index contributed by atoms with van der Waals surface area (Å²) in [5, 5.41) is 0. The molecule has 2 atom stereocenters. The van der Waals surface area contributed by atoms with E-state index in [9.17, 15) is 0 Å². The third-order valence-corrected chi connectivity index (χ3v) is 4.43. The fraction of sp³-hybridized carbons (Fsp3) is 0.810. The first kappa shape index (κ1) is 17.6. The Bertz CT molecular complexity index is 311. The van der Waals surface area contributed by atoms with E-state index in [1.807, 2.05) is 12.2 Å². The van der Waals surface area contributed by atoms with Crippen LogP contribution < -0.4 is 0 Å². The standard InChI is InChI=1S/C21H38O/c1-2-3-4-5-6-7-8-9-10-11-12-13-14-15-18-21-19-16-17-20-22-21/h16-17,19-21H,2-15,18H2,1H3/i15D. The first-order valence-electron chi connectivity index (χ1n) is 10.3. The van der Waals surface area contributed by atoms with Gasteiger partial charge in [0, 0.05) is 1.37 Å². The maximum atomic E-state index is 8.11. The van der Waals surface area contributed by atoms with E-state index in [1.54, 1.807) is 6.26 Å². The molecule has 0 aliphatic carbocycles. The van der Waals surface area contributed by atoms with Crippen LogP contribution in [0.3, 0.4) is 0 Å². The van der Waals surface area contributed by atoms with Crippen LogP contribution in [0.1, 0.15) is 105 Å². The van der Waals surface area contributed by atoms with Crippen LogP contribution in [0.15, 0.2) is 24.5 Å². The molecular formula is C21H38O. The van der Waals surface area contributed by atoms with Gasteiger partial charge in [-0.25, -0.2) is 0 Å². The number of ether oxygens (including phenoxy) is 1. The molecule has 0 amide bonds. The zero-order valence-corrected chi connectivity index (χ0v) is 14.8. The molecule has 1 heteroatoms. The van der Waals surface area contributed by atoms with Crippen molar-refractivity contribution >= 4 is 0 Å². The Morgan fingerprint density at radius 1 is 0.773 bits per heavy atom. The van der Waals surface area contributed by atoms with E-state index in [2.05, 4.69) is 13.0 Å². The molecule has 0 fully saturated rings. The van der Waals surface area contributed by atoms with Crippen molar-refractivity contribution < 1.29 is 6.11 Å². The summed E-state index contributed by atoms with van der Waals surface area (Å²) in [7, 11) is 0. The van der Waals surface area contributed by atoms with Crippen LogP contribution >= 0.6 is 0 Å². The van der Waals surface area contributed by atoms with Crippen molar-refractivity contribution in [1.29, 1.82) is 0 Å². The van der Waals surface area contributed by atoms with E-state index in [-0.39, 0.29) is 12.5 Å². The molecule has 0 bridgehead atoms. The van der Waals surface area contributed by atoms with E-state index in [0.717, 1.165) is 12.8 Å². The Kier molecular flexibility index (Phi) is 12.2. The smallest absolute Gasteiger partial charge is 0.116 e. The van der Waals surface area contributed by atoms with Gasteiger partial charge in [-0.2, -0.15) is 0 Å². The third kappa shape index (κ3) is 11.9. The number of rotatable bonds is 15. The molecule has 0 aromatic rings. The molecule has 2 unspecified atom stereocenters. The zero-order valence-electron chi connectivity index (χ0n) is 15.8. The minimum absolute atomic E-state index is 0.0271. The highest BCUT2D eigenvalue weighted by atomic mass is 16.5. The molecule has 128 valence electrons. The lowest BCUT2D eigenvalue weighted by molar-refractivity contribution is 0.170. The number of hydrogen-bond donors (Lipinski definition) is 0. The van der Waals surface area contributed by atoms with Crippen LogP contribution in [0.25, 0.3) is 0 Å². The van der Waals surface area contributed by atoms with Crippen molar-refractivity contribution in [3.63, 3.8) is 0 Å². The van der Waals surface area contributed by atoms with Crippen LogP contribution in [0, 0.1) is 0 Å². The SMILES string of the molecule is [2H]C(CCCCCCCCCCCCCC)CC1C=CC=CO1. The summed E-state index contributed by atoms with van der Waals surface area (Å²) < 4.78 is 13.6. The summed E-state index contributed by atoms with van der Waals surface area (Å²) in [6.45, 7) is 2.28. The van der Waals surface area contributed by atoms with Gasteiger partial charge in [0.25, 0.3) is 0 Å². The minimum atomic E-state index is 0.0271. The Labute approximate surface area is 140 Å². The summed E-state index contributed by atoms with van der Waals surface area (Å²) in [5.74, 6) is 0. The van der Waals surface area contributed by atoms with Crippen LogP contribution in [0.4, 0.5) is 0 Å². The van der Waals surface area contributed by atoms with E-state index in [4.69, 9.17) is 6.11 Å². The average molecular weight is 308 g/mol. The number of allylic oxidation sites excluding steroid dienone is 2. The first-order chi connectivity index (χ1) is 11.3. The predicted molar refractivity (Wildman–Crippen MR) is 98.1 cm³/mol. The summed E-state index contributed by atoms with van der Waals surface area (Å²) >= 11 is 0. The van der Waals surface area contributed by atoms with E-state index in [1.165, 1.54) is 77.0 Å². The highest BCUT2D eigenvalue weighted by Gasteiger charge is 2.04. The second-order valence-corrected chi connectivity index (χ2v) is 6.59. The topological polar surface area (TPSA) is 9.23 Å². The average Bonchev–Trinajstić information content (AvgIpc) is 2.57. The van der Waals surface area contributed by atoms with Gasteiger partial charge in [0.2, 0.25) is 0 Å². The van der Waals surface area contributed by atoms with Crippen LogP contribution in [0.5, 0.6) is 0 Å². The van der Waals surface area contributed by atoms with Gasteiger partial charge in [-0.1, -0.05) is 96.5 Å². The maximum Gasteiger partial charge on any atom is 0.116 e. The molecule has 0 saturated heterocycles. The van der Waals surface area contributed by atoms with Crippen molar-refractivity contribution in [2.24, 2.45) is 0 Å². The normalized spacial score (nSPS) is 19.0. The Balaban J connectivity index is 1.79. The molecule has 0 spiro atoms. The second-order valence-electron chi connectivity index (χ2n) is 6.59. The Morgan fingerprint density at radius 2 is 1.32 bits per heavy atom. The molecule has 22 heavy (non-hydrogen) atoms. The van der Waals surface area contributed by atoms with Crippen molar-refractivity contribution in [1.82, 2.24) is 0 Å². The monoisotopic (exact) mass is 307 g/mol. The van der Waals surface area contributed by atoms with Gasteiger partial charge in [0.15, 0.2) is 0 Å². The highest BCUT2D eigenvalue weighted by Crippen LogP contribution is 2.15. The van der Waals surface area contributed by atoms with E-state index in [0.29, 0.717) is 0 Å². The molecular weight excluding hydrogens is 268 g/mol. The lowest BCUT2D eigenvalue weighted by Crippen LogP contribution is -2.07. The number of unbranched alkanes of at least 4 members (excludes halogenated alkanes) is 11. The van der Waals surface area contributed by atoms with Gasteiger partial charge < -0.3 is 4.74 Å². The molecule has 1 aliphatic heterocycles. The maximum absolute atomic E-state index is 8.11. The van der Waals surface area contributed by atoms with Crippen molar-refractivity contribution in [3.05, 3.63) is 24.5 Å². The molecule has 1 heterocycles. The molecule has 1 aliphatic rings. The fourth-order valence-electron chi connectivity index (χ4n) is 2.97. The van der Waals surface area contributed by atoms with Gasteiger partial charge in [-0.05, 0) is 25.0 Å². The second kappa shape index (κ2) is 15.2. The Hall–Kier alpha value is -0.720. The van der Waals surface area contributed by atoms with Gasteiger partial charge in [0.1, 0.15) is 6.10 Å². The van der Waals surface area contributed by atoms with Crippen LogP contribution in [-0.2, 0) is 4.74 Å². The third-order valence-electron chi connectivity index (χ3n) is 4.43. The lowest BCUT2D eigenvalue weighted by atomic mass is 10.0. The molecule has 0 saturated carbocycles. The summed E-state index contributed by atoms with van der Waals surface area (Å²) in [6.07, 6.45) is 26.3. The Morgan fingerprint density at radius 3 is 1.82 bits per heavy atom. The quantitative estimate of drug-likeness (QED) is 0.288. The largest absolute Gasteiger partial charge is 0.494 e. The van der Waals surface area contributed by atoms with Gasteiger partial charge in [-0.15, -0.1) is 0 Å². The molecule has 0 aromatic carbocycles. The van der Waals surface area contributed by atoms with Crippen molar-refractivity contribution in [3.8, 4) is 0 Å². The van der Waals surface area contributed by atoms with Gasteiger partial charge >= 0.3 is 0 Å². The summed E-state index contributed by atoms with van der Waals surface area (Å²) in [5.41, 5.74) is 0. The zero-order chi connectivity index (χ0) is 16.6. The molecule has 0 aromatic heterocycles. The molecule has 1 rings (SSSR count). The molecule has 0 N–H and O–H groups in total. The van der Waals surface area contributed by atoms with Crippen LogP contribution in [-0.4, -0.2) is 6.10 Å². The lowest BCUT2D eigenvalue weighted by Gasteiger charge is -2.14. The highest BCUT2D eigenvalue weighted by molar-refractivity contribution is 5.07. The minimum Gasteiger partial charge on any atom is -0.494 e. The van der Waals surface area contributed by atoms with Gasteiger partial charge in [0.05, 0.1) is 6.26 Å². The van der Waals surface area contributed by atoms with Gasteiger partial charge in [-0.3, -0.25) is 0 Å². The first-order valence-corrected chi connectivity index (χ1v) is 9.74. The van der Waals surface area contributed by atoms with Crippen molar-refractivity contribution in [2.75, 3.05) is 0 Å². The van der Waals surface area contributed by atoms with E-state index < -0.39 is 0 Å². The summed E-state index contributed by atoms with van der Waals surface area (Å²) in [6, 6.07) is 0. The fourth-order valence-corrected chi connectivity index (χ4v) is 2.97. The summed E-state index contributed by atoms with van der Waals surface area (Å²) in [4.78, 5) is 0. The number of hydrogen-bond acceptors (Lipinski definition) is 1. The molecule has 0 radical (unpaired) electrons. The molecule has 1 nitrogen and oxygen atoms in total. The van der Waals surface area contributed by atoms with E-state index >= 15 is 0 Å². The predicted octanol–water partition coefficient (Wildman–Crippen LogP) is 7.33. The van der Waals surface area contributed by atoms with Crippen molar-refractivity contribution in [2.45, 2.75) is 109 Å².